The van der Waals surface area contributed by atoms with Gasteiger partial charge in [0.1, 0.15) is 5.82 Å². The number of Topliss-reactive ketones (excluding diaryl/α,β-unsaturated/α-hetero) is 1. The van der Waals surface area contributed by atoms with Crippen molar-refractivity contribution < 1.29 is 23.5 Å². The summed E-state index contributed by atoms with van der Waals surface area (Å²) in [6, 6.07) is 10.1. The average molecular weight is 426 g/mol. The summed E-state index contributed by atoms with van der Waals surface area (Å²) >= 11 is 11.9. The molecule has 0 saturated heterocycles. The maximum atomic E-state index is 12.8. The van der Waals surface area contributed by atoms with Crippen LogP contribution in [0, 0.1) is 5.82 Å². The Morgan fingerprint density at radius 2 is 1.71 bits per heavy atom. The van der Waals surface area contributed by atoms with Crippen molar-refractivity contribution in [3.63, 3.8) is 0 Å². The highest BCUT2D eigenvalue weighted by atomic mass is 35.5. The van der Waals surface area contributed by atoms with Crippen molar-refractivity contribution >= 4 is 40.9 Å². The van der Waals surface area contributed by atoms with Crippen molar-refractivity contribution in [1.29, 1.82) is 0 Å². The molecule has 1 amide bonds. The van der Waals surface area contributed by atoms with E-state index < -0.39 is 24.3 Å². The summed E-state index contributed by atoms with van der Waals surface area (Å²) < 4.78 is 17.7. The molecule has 0 aromatic heterocycles. The molecule has 2 aromatic carbocycles. The number of carbonyl (C=O) groups is 3. The van der Waals surface area contributed by atoms with Gasteiger partial charge in [0, 0.05) is 28.6 Å². The van der Waals surface area contributed by atoms with Crippen LogP contribution in [0.4, 0.5) is 4.39 Å². The van der Waals surface area contributed by atoms with Crippen LogP contribution in [0.25, 0.3) is 0 Å². The van der Waals surface area contributed by atoms with Gasteiger partial charge >= 0.3 is 5.97 Å². The third-order valence-corrected chi connectivity index (χ3v) is 4.41. The van der Waals surface area contributed by atoms with Gasteiger partial charge in [0.25, 0.3) is 5.91 Å². The zero-order valence-corrected chi connectivity index (χ0v) is 16.4. The molecule has 0 aliphatic carbocycles. The first kappa shape index (κ1) is 21.9. The lowest BCUT2D eigenvalue weighted by Crippen LogP contribution is -2.30. The molecule has 0 saturated carbocycles. The van der Waals surface area contributed by atoms with Crippen LogP contribution >= 0.6 is 23.2 Å². The molecule has 2 aromatic rings. The molecular weight excluding hydrogens is 408 g/mol. The van der Waals surface area contributed by atoms with E-state index in [0.717, 1.165) is 5.56 Å². The molecule has 8 heteroatoms. The number of esters is 1. The zero-order chi connectivity index (χ0) is 20.5. The number of hydrogen-bond donors (Lipinski definition) is 1. The van der Waals surface area contributed by atoms with Gasteiger partial charge in [0.15, 0.2) is 12.4 Å². The third-order valence-electron chi connectivity index (χ3n) is 3.82. The van der Waals surface area contributed by atoms with Gasteiger partial charge in [-0.05, 0) is 48.4 Å². The first-order valence-corrected chi connectivity index (χ1v) is 9.26. The molecule has 0 aliphatic rings. The van der Waals surface area contributed by atoms with Gasteiger partial charge in [0.05, 0.1) is 6.42 Å². The highest BCUT2D eigenvalue weighted by Crippen LogP contribution is 2.21. The van der Waals surface area contributed by atoms with Crippen molar-refractivity contribution in [2.24, 2.45) is 0 Å². The fourth-order valence-electron chi connectivity index (χ4n) is 2.33. The molecule has 5 nitrogen and oxygen atoms in total. The summed E-state index contributed by atoms with van der Waals surface area (Å²) in [4.78, 5) is 35.3. The molecule has 0 bridgehead atoms. The Labute approximate surface area is 171 Å². The highest BCUT2D eigenvalue weighted by molar-refractivity contribution is 6.35. The number of benzene rings is 2. The van der Waals surface area contributed by atoms with Crippen molar-refractivity contribution in [3.05, 3.63) is 69.5 Å². The first-order chi connectivity index (χ1) is 13.3. The van der Waals surface area contributed by atoms with Crippen molar-refractivity contribution in [1.82, 2.24) is 5.32 Å². The van der Waals surface area contributed by atoms with Gasteiger partial charge < -0.3 is 10.1 Å². The van der Waals surface area contributed by atoms with E-state index in [0.29, 0.717) is 28.6 Å². The van der Waals surface area contributed by atoms with Crippen molar-refractivity contribution in [3.8, 4) is 0 Å². The normalized spacial score (nSPS) is 10.4. The zero-order valence-electron chi connectivity index (χ0n) is 14.8. The summed E-state index contributed by atoms with van der Waals surface area (Å²) in [5.74, 6) is -1.86. The minimum Gasteiger partial charge on any atom is -0.456 e. The quantitative estimate of drug-likeness (QED) is 0.486. The summed E-state index contributed by atoms with van der Waals surface area (Å²) in [5.41, 5.74) is 1.15. The number of carbonyl (C=O) groups excluding carboxylic acids is 3. The molecule has 0 radical (unpaired) electrons. The highest BCUT2D eigenvalue weighted by Gasteiger charge is 2.12. The van der Waals surface area contributed by atoms with E-state index >= 15 is 0 Å². The van der Waals surface area contributed by atoms with E-state index in [2.05, 4.69) is 5.32 Å². The van der Waals surface area contributed by atoms with Gasteiger partial charge in [-0.2, -0.15) is 0 Å². The Kier molecular flexibility index (Phi) is 8.42. The van der Waals surface area contributed by atoms with E-state index in [9.17, 15) is 18.8 Å². The molecule has 148 valence electrons. The lowest BCUT2D eigenvalue weighted by molar-refractivity contribution is -0.148. The Balaban J connectivity index is 1.64. The predicted molar refractivity (Wildman–Crippen MR) is 104 cm³/mol. The topological polar surface area (TPSA) is 72.5 Å². The van der Waals surface area contributed by atoms with E-state index in [-0.39, 0.29) is 18.6 Å². The minimum atomic E-state index is -0.661. The number of ether oxygens (including phenoxy) is 1. The number of hydrogen-bond acceptors (Lipinski definition) is 4. The maximum absolute atomic E-state index is 12.8. The molecule has 1 N–H and O–H groups in total. The molecule has 0 heterocycles. The van der Waals surface area contributed by atoms with Crippen LogP contribution in [0.1, 0.15) is 28.8 Å². The standard InChI is InChI=1S/C20H18Cl2FNO4/c21-15-4-1-13(17(22)11-15)9-10-24-19(26)12-28-20(27)8-7-18(25)14-2-5-16(23)6-3-14/h1-6,11H,7-10,12H2,(H,24,26). The minimum absolute atomic E-state index is 0.0822. The van der Waals surface area contributed by atoms with Crippen LogP contribution in [0.3, 0.4) is 0 Å². The van der Waals surface area contributed by atoms with Gasteiger partial charge in [-0.1, -0.05) is 29.3 Å². The lowest BCUT2D eigenvalue weighted by Gasteiger charge is -2.08. The number of rotatable bonds is 9. The Bertz CT molecular complexity index is 856. The maximum Gasteiger partial charge on any atom is 0.306 e. The second-order valence-electron chi connectivity index (χ2n) is 5.93. The molecule has 2 rings (SSSR count). The summed E-state index contributed by atoms with van der Waals surface area (Å²) in [6.45, 7) is -0.112. The second kappa shape index (κ2) is 10.8. The summed E-state index contributed by atoms with van der Waals surface area (Å²) in [6.07, 6.45) is 0.257. The van der Waals surface area contributed by atoms with Crippen molar-refractivity contribution in [2.45, 2.75) is 19.3 Å². The van der Waals surface area contributed by atoms with Crippen LogP contribution < -0.4 is 5.32 Å². The van der Waals surface area contributed by atoms with E-state index in [1.54, 1.807) is 18.2 Å². The number of amides is 1. The van der Waals surface area contributed by atoms with Crippen LogP contribution in [-0.4, -0.2) is 30.8 Å². The van der Waals surface area contributed by atoms with Crippen LogP contribution in [0.2, 0.25) is 10.0 Å². The first-order valence-electron chi connectivity index (χ1n) is 8.50. The van der Waals surface area contributed by atoms with Crippen LogP contribution in [-0.2, 0) is 20.7 Å². The SMILES string of the molecule is O=C(COC(=O)CCC(=O)c1ccc(F)cc1)NCCc1ccc(Cl)cc1Cl. The predicted octanol–water partition coefficient (Wildman–Crippen LogP) is 4.00. The molecule has 0 atom stereocenters. The number of ketones is 1. The lowest BCUT2D eigenvalue weighted by atomic mass is 10.1. The average Bonchev–Trinajstić information content (AvgIpc) is 2.66. The third kappa shape index (κ3) is 7.29. The fraction of sp³-hybridized carbons (Fsp3) is 0.250. The van der Waals surface area contributed by atoms with E-state index in [4.69, 9.17) is 27.9 Å². The van der Waals surface area contributed by atoms with Gasteiger partial charge in [-0.25, -0.2) is 4.39 Å². The van der Waals surface area contributed by atoms with Gasteiger partial charge in [-0.3, -0.25) is 14.4 Å². The second-order valence-corrected chi connectivity index (χ2v) is 6.77. The number of nitrogens with one attached hydrogen (secondary N) is 1. The molecule has 0 aliphatic heterocycles. The molecule has 0 fully saturated rings. The Morgan fingerprint density at radius 1 is 1.00 bits per heavy atom. The largest absolute Gasteiger partial charge is 0.456 e. The Hall–Kier alpha value is -2.44. The van der Waals surface area contributed by atoms with Crippen molar-refractivity contribution in [2.75, 3.05) is 13.2 Å². The van der Waals surface area contributed by atoms with Gasteiger partial charge in [-0.15, -0.1) is 0 Å². The van der Waals surface area contributed by atoms with Gasteiger partial charge in [0.2, 0.25) is 0 Å². The van der Waals surface area contributed by atoms with Crippen LogP contribution in [0.5, 0.6) is 0 Å². The Morgan fingerprint density at radius 3 is 2.39 bits per heavy atom. The van der Waals surface area contributed by atoms with E-state index in [1.807, 2.05) is 0 Å². The smallest absolute Gasteiger partial charge is 0.306 e. The molecule has 0 unspecified atom stereocenters. The monoisotopic (exact) mass is 425 g/mol. The van der Waals surface area contributed by atoms with E-state index in [1.165, 1.54) is 24.3 Å². The van der Waals surface area contributed by atoms with Crippen LogP contribution in [0.15, 0.2) is 42.5 Å². The molecule has 0 spiro atoms. The summed E-state index contributed by atoms with van der Waals surface area (Å²) in [7, 11) is 0. The fourth-order valence-corrected chi connectivity index (χ4v) is 2.83. The molecule has 28 heavy (non-hydrogen) atoms. The molecular formula is C20H18Cl2FNO4. The number of halogens is 3. The summed E-state index contributed by atoms with van der Waals surface area (Å²) in [5, 5.41) is 3.66.